The molecule has 0 amide bonds. The Morgan fingerprint density at radius 1 is 1.25 bits per heavy atom. The Bertz CT molecular complexity index is 467. The lowest BCUT2D eigenvalue weighted by molar-refractivity contribution is 0.425. The maximum atomic E-state index is 5.01. The minimum absolute atomic E-state index is 0.173. The summed E-state index contributed by atoms with van der Waals surface area (Å²) in [6, 6.07) is 0.765. The summed E-state index contributed by atoms with van der Waals surface area (Å²) in [5.41, 5.74) is 1.56. The quantitative estimate of drug-likeness (QED) is 0.862. The maximum absolute atomic E-state index is 5.01. The lowest BCUT2D eigenvalue weighted by Crippen LogP contribution is -2.35. The molecule has 0 spiro atoms. The van der Waals surface area contributed by atoms with Crippen molar-refractivity contribution in [3.8, 4) is 0 Å². The number of aromatic nitrogens is 1. The molecule has 3 rings (SSSR count). The first kappa shape index (κ1) is 14.3. The number of hydrogen-bond acceptors (Lipinski definition) is 4. The Balaban J connectivity index is 1.78. The first-order valence-electron chi connectivity index (χ1n) is 7.99. The van der Waals surface area contributed by atoms with Crippen LogP contribution in [0.2, 0.25) is 0 Å². The van der Waals surface area contributed by atoms with Gasteiger partial charge < -0.3 is 10.2 Å². The Hall–Kier alpha value is -0.610. The van der Waals surface area contributed by atoms with Crippen molar-refractivity contribution in [2.45, 2.75) is 77.4 Å². The maximum Gasteiger partial charge on any atom is 0.186 e. The smallest absolute Gasteiger partial charge is 0.186 e. The van der Waals surface area contributed by atoms with Crippen LogP contribution in [0.1, 0.15) is 69.9 Å². The van der Waals surface area contributed by atoms with Crippen molar-refractivity contribution < 1.29 is 0 Å². The third-order valence-corrected chi connectivity index (χ3v) is 5.14. The molecule has 2 aliphatic rings. The number of rotatable bonds is 6. The third-order valence-electron chi connectivity index (χ3n) is 4.03. The van der Waals surface area contributed by atoms with Gasteiger partial charge in [-0.2, -0.15) is 0 Å². The SMILES string of the molecule is CCN(c1nc(C2CC2)c(CNC(C)(C)C)s1)C1CC1. The Kier molecular flexibility index (Phi) is 3.80. The summed E-state index contributed by atoms with van der Waals surface area (Å²) in [6.07, 6.45) is 5.37. The first-order valence-corrected chi connectivity index (χ1v) is 8.81. The monoisotopic (exact) mass is 293 g/mol. The highest BCUT2D eigenvalue weighted by Crippen LogP contribution is 2.45. The molecule has 0 saturated heterocycles. The molecule has 2 fully saturated rings. The fourth-order valence-electron chi connectivity index (χ4n) is 2.56. The molecule has 0 radical (unpaired) electrons. The molecule has 1 aromatic heterocycles. The van der Waals surface area contributed by atoms with Gasteiger partial charge in [0, 0.05) is 35.5 Å². The van der Waals surface area contributed by atoms with Gasteiger partial charge >= 0.3 is 0 Å². The van der Waals surface area contributed by atoms with Crippen LogP contribution < -0.4 is 10.2 Å². The normalized spacial score (nSPS) is 19.4. The van der Waals surface area contributed by atoms with E-state index in [1.54, 1.807) is 0 Å². The van der Waals surface area contributed by atoms with E-state index in [0.29, 0.717) is 0 Å². The summed E-state index contributed by atoms with van der Waals surface area (Å²) >= 11 is 1.92. The predicted octanol–water partition coefficient (Wildman–Crippen LogP) is 3.90. The average molecular weight is 293 g/mol. The summed E-state index contributed by atoms with van der Waals surface area (Å²) in [4.78, 5) is 8.99. The summed E-state index contributed by atoms with van der Waals surface area (Å²) < 4.78 is 0. The van der Waals surface area contributed by atoms with E-state index in [1.165, 1.54) is 41.4 Å². The molecule has 4 heteroatoms. The molecular weight excluding hydrogens is 266 g/mol. The van der Waals surface area contributed by atoms with Gasteiger partial charge in [-0.15, -0.1) is 11.3 Å². The fourth-order valence-corrected chi connectivity index (χ4v) is 3.78. The topological polar surface area (TPSA) is 28.2 Å². The van der Waals surface area contributed by atoms with Crippen LogP contribution in [0.3, 0.4) is 0 Å². The number of nitrogens with one attached hydrogen (secondary N) is 1. The second kappa shape index (κ2) is 5.30. The van der Waals surface area contributed by atoms with E-state index >= 15 is 0 Å². The van der Waals surface area contributed by atoms with Crippen LogP contribution in [0.25, 0.3) is 0 Å². The van der Waals surface area contributed by atoms with Crippen LogP contribution in [0.15, 0.2) is 0 Å². The minimum atomic E-state index is 0.173. The van der Waals surface area contributed by atoms with Crippen LogP contribution >= 0.6 is 11.3 Å². The average Bonchev–Trinajstić information content (AvgIpc) is 3.26. The molecule has 0 bridgehead atoms. The highest BCUT2D eigenvalue weighted by atomic mass is 32.1. The lowest BCUT2D eigenvalue weighted by Gasteiger charge is -2.20. The molecular formula is C16H27N3S. The number of anilines is 1. The summed E-state index contributed by atoms with van der Waals surface area (Å²) in [5, 5.41) is 4.89. The Morgan fingerprint density at radius 2 is 1.95 bits per heavy atom. The van der Waals surface area contributed by atoms with Crippen LogP contribution in [0.5, 0.6) is 0 Å². The zero-order valence-electron chi connectivity index (χ0n) is 13.2. The highest BCUT2D eigenvalue weighted by molar-refractivity contribution is 7.15. The van der Waals surface area contributed by atoms with E-state index in [-0.39, 0.29) is 5.54 Å². The number of thiazole rings is 1. The van der Waals surface area contributed by atoms with Crippen molar-refractivity contribution in [2.24, 2.45) is 0 Å². The first-order chi connectivity index (χ1) is 9.48. The van der Waals surface area contributed by atoms with Gasteiger partial charge in [-0.25, -0.2) is 4.98 Å². The van der Waals surface area contributed by atoms with Gasteiger partial charge in [0.05, 0.1) is 5.69 Å². The van der Waals surface area contributed by atoms with E-state index in [1.807, 2.05) is 11.3 Å². The van der Waals surface area contributed by atoms with E-state index in [0.717, 1.165) is 25.0 Å². The van der Waals surface area contributed by atoms with Gasteiger partial charge in [0.2, 0.25) is 0 Å². The summed E-state index contributed by atoms with van der Waals surface area (Å²) in [5.74, 6) is 0.745. The van der Waals surface area contributed by atoms with Crippen LogP contribution in [0.4, 0.5) is 5.13 Å². The molecule has 0 atom stereocenters. The molecule has 1 heterocycles. The van der Waals surface area contributed by atoms with Crippen molar-refractivity contribution in [2.75, 3.05) is 11.4 Å². The standard InChI is InChI=1S/C16H27N3S/c1-5-19(12-8-9-12)15-18-14(11-6-7-11)13(20-15)10-17-16(2,3)4/h11-12,17H,5-10H2,1-4H3. The zero-order valence-corrected chi connectivity index (χ0v) is 14.0. The van der Waals surface area contributed by atoms with Gasteiger partial charge in [0.1, 0.15) is 0 Å². The fraction of sp³-hybridized carbons (Fsp3) is 0.812. The summed E-state index contributed by atoms with van der Waals surface area (Å²) in [6.45, 7) is 11.0. The molecule has 2 saturated carbocycles. The second-order valence-corrected chi connectivity index (χ2v) is 8.26. The third kappa shape index (κ3) is 3.34. The molecule has 2 aliphatic carbocycles. The van der Waals surface area contributed by atoms with Crippen LogP contribution in [-0.2, 0) is 6.54 Å². The summed E-state index contributed by atoms with van der Waals surface area (Å²) in [7, 11) is 0. The Morgan fingerprint density at radius 3 is 2.45 bits per heavy atom. The predicted molar refractivity (Wildman–Crippen MR) is 86.7 cm³/mol. The van der Waals surface area contributed by atoms with Crippen molar-refractivity contribution >= 4 is 16.5 Å². The van der Waals surface area contributed by atoms with E-state index in [4.69, 9.17) is 4.98 Å². The lowest BCUT2D eigenvalue weighted by atomic mass is 10.1. The highest BCUT2D eigenvalue weighted by Gasteiger charge is 2.34. The zero-order chi connectivity index (χ0) is 14.3. The minimum Gasteiger partial charge on any atom is -0.345 e. The molecule has 0 aromatic carbocycles. The van der Waals surface area contributed by atoms with Crippen molar-refractivity contribution in [1.82, 2.24) is 10.3 Å². The molecule has 3 nitrogen and oxygen atoms in total. The van der Waals surface area contributed by atoms with Gasteiger partial charge in [-0.3, -0.25) is 0 Å². The molecule has 1 aromatic rings. The van der Waals surface area contributed by atoms with Crippen molar-refractivity contribution in [3.63, 3.8) is 0 Å². The van der Waals surface area contributed by atoms with Crippen molar-refractivity contribution in [1.29, 1.82) is 0 Å². The van der Waals surface area contributed by atoms with Gasteiger partial charge in [-0.05, 0) is 53.4 Å². The van der Waals surface area contributed by atoms with E-state index < -0.39 is 0 Å². The second-order valence-electron chi connectivity index (χ2n) is 7.20. The Labute approximate surface area is 126 Å². The van der Waals surface area contributed by atoms with E-state index in [2.05, 4.69) is 37.9 Å². The van der Waals surface area contributed by atoms with Gasteiger partial charge in [-0.1, -0.05) is 0 Å². The van der Waals surface area contributed by atoms with E-state index in [9.17, 15) is 0 Å². The molecule has 0 aliphatic heterocycles. The molecule has 1 N–H and O–H groups in total. The molecule has 112 valence electrons. The molecule has 0 unspecified atom stereocenters. The number of nitrogens with zero attached hydrogens (tertiary/aromatic N) is 2. The van der Waals surface area contributed by atoms with Crippen LogP contribution in [0, 0.1) is 0 Å². The molecule has 20 heavy (non-hydrogen) atoms. The largest absolute Gasteiger partial charge is 0.345 e. The van der Waals surface area contributed by atoms with Gasteiger partial charge in [0.25, 0.3) is 0 Å². The number of hydrogen-bond donors (Lipinski definition) is 1. The van der Waals surface area contributed by atoms with Crippen molar-refractivity contribution in [3.05, 3.63) is 10.6 Å². The van der Waals surface area contributed by atoms with Crippen LogP contribution in [-0.4, -0.2) is 23.1 Å². The van der Waals surface area contributed by atoms with Gasteiger partial charge in [0.15, 0.2) is 5.13 Å².